The highest BCUT2D eigenvalue weighted by molar-refractivity contribution is 6.33. The highest BCUT2D eigenvalue weighted by Gasteiger charge is 2.09. The van der Waals surface area contributed by atoms with Crippen molar-refractivity contribution in [2.24, 2.45) is 0 Å². The highest BCUT2D eigenvalue weighted by Crippen LogP contribution is 2.25. The summed E-state index contributed by atoms with van der Waals surface area (Å²) >= 11 is 5.99. The Labute approximate surface area is 136 Å². The Morgan fingerprint density at radius 2 is 1.77 bits per heavy atom. The SMILES string of the molecule is Cc1ccc(C)c(OCCNC(=O)c2ccccc2Cl)c1C. The number of hydrogen-bond donors (Lipinski definition) is 1. The van der Waals surface area contributed by atoms with E-state index in [4.69, 9.17) is 16.3 Å². The van der Waals surface area contributed by atoms with Crippen LogP contribution in [-0.4, -0.2) is 19.1 Å². The minimum absolute atomic E-state index is 0.188. The molecular weight excluding hydrogens is 298 g/mol. The molecule has 2 aromatic carbocycles. The molecule has 116 valence electrons. The molecule has 1 N–H and O–H groups in total. The lowest BCUT2D eigenvalue weighted by molar-refractivity contribution is 0.0947. The van der Waals surface area contributed by atoms with Gasteiger partial charge in [0.2, 0.25) is 0 Å². The molecule has 0 radical (unpaired) electrons. The van der Waals surface area contributed by atoms with E-state index in [1.807, 2.05) is 19.9 Å². The molecule has 0 bridgehead atoms. The predicted molar refractivity (Wildman–Crippen MR) is 89.9 cm³/mol. The lowest BCUT2D eigenvalue weighted by atomic mass is 10.1. The van der Waals surface area contributed by atoms with E-state index in [2.05, 4.69) is 18.3 Å². The van der Waals surface area contributed by atoms with Crippen molar-refractivity contribution in [3.63, 3.8) is 0 Å². The van der Waals surface area contributed by atoms with E-state index in [0.29, 0.717) is 23.7 Å². The number of ether oxygens (including phenoxy) is 1. The zero-order valence-corrected chi connectivity index (χ0v) is 13.8. The van der Waals surface area contributed by atoms with Gasteiger partial charge in [-0.15, -0.1) is 0 Å². The zero-order chi connectivity index (χ0) is 16.1. The van der Waals surface area contributed by atoms with Crippen molar-refractivity contribution >= 4 is 17.5 Å². The molecule has 4 heteroatoms. The Morgan fingerprint density at radius 1 is 1.09 bits per heavy atom. The minimum atomic E-state index is -0.188. The largest absolute Gasteiger partial charge is 0.491 e. The van der Waals surface area contributed by atoms with Gasteiger partial charge in [-0.05, 0) is 49.6 Å². The van der Waals surface area contributed by atoms with Crippen LogP contribution in [0.5, 0.6) is 5.75 Å². The van der Waals surface area contributed by atoms with Crippen LogP contribution < -0.4 is 10.1 Å². The van der Waals surface area contributed by atoms with Gasteiger partial charge in [-0.25, -0.2) is 0 Å². The van der Waals surface area contributed by atoms with E-state index >= 15 is 0 Å². The van der Waals surface area contributed by atoms with Crippen molar-refractivity contribution < 1.29 is 9.53 Å². The lowest BCUT2D eigenvalue weighted by Gasteiger charge is -2.14. The van der Waals surface area contributed by atoms with Crippen LogP contribution in [0.25, 0.3) is 0 Å². The highest BCUT2D eigenvalue weighted by atomic mass is 35.5. The zero-order valence-electron chi connectivity index (χ0n) is 13.1. The maximum atomic E-state index is 12.0. The summed E-state index contributed by atoms with van der Waals surface area (Å²) < 4.78 is 5.82. The van der Waals surface area contributed by atoms with Crippen LogP contribution in [0.1, 0.15) is 27.0 Å². The molecule has 0 atom stereocenters. The third kappa shape index (κ3) is 3.80. The molecular formula is C18H20ClNO2. The van der Waals surface area contributed by atoms with Crippen LogP contribution in [0.2, 0.25) is 5.02 Å². The molecule has 1 amide bonds. The van der Waals surface area contributed by atoms with Crippen molar-refractivity contribution in [3.8, 4) is 5.75 Å². The fourth-order valence-corrected chi connectivity index (χ4v) is 2.43. The van der Waals surface area contributed by atoms with E-state index < -0.39 is 0 Å². The number of benzene rings is 2. The maximum Gasteiger partial charge on any atom is 0.252 e. The summed E-state index contributed by atoms with van der Waals surface area (Å²) in [6, 6.07) is 11.1. The number of carbonyl (C=O) groups is 1. The molecule has 0 unspecified atom stereocenters. The van der Waals surface area contributed by atoms with E-state index in [1.54, 1.807) is 24.3 Å². The molecule has 0 saturated heterocycles. The van der Waals surface area contributed by atoms with Crippen LogP contribution in [-0.2, 0) is 0 Å². The topological polar surface area (TPSA) is 38.3 Å². The molecule has 0 aliphatic carbocycles. The summed E-state index contributed by atoms with van der Waals surface area (Å²) in [5.74, 6) is 0.707. The molecule has 0 fully saturated rings. The Bertz CT molecular complexity index is 683. The van der Waals surface area contributed by atoms with Crippen LogP contribution in [0.4, 0.5) is 0 Å². The number of halogens is 1. The lowest BCUT2D eigenvalue weighted by Crippen LogP contribution is -2.28. The van der Waals surface area contributed by atoms with E-state index in [-0.39, 0.29) is 5.91 Å². The third-order valence-corrected chi connectivity index (χ3v) is 3.96. The fourth-order valence-electron chi connectivity index (χ4n) is 2.21. The second-order valence-corrected chi connectivity index (χ2v) is 5.64. The van der Waals surface area contributed by atoms with Gasteiger partial charge in [0.15, 0.2) is 0 Å². The van der Waals surface area contributed by atoms with Crippen LogP contribution >= 0.6 is 11.6 Å². The summed E-state index contributed by atoms with van der Waals surface area (Å²) in [7, 11) is 0. The van der Waals surface area contributed by atoms with Gasteiger partial charge in [-0.3, -0.25) is 4.79 Å². The molecule has 0 aliphatic heterocycles. The Balaban J connectivity index is 1.89. The van der Waals surface area contributed by atoms with E-state index in [0.717, 1.165) is 16.9 Å². The van der Waals surface area contributed by atoms with Crippen LogP contribution in [0, 0.1) is 20.8 Å². The van der Waals surface area contributed by atoms with Crippen molar-refractivity contribution in [2.75, 3.05) is 13.2 Å². The summed E-state index contributed by atoms with van der Waals surface area (Å²) in [5, 5.41) is 3.27. The Morgan fingerprint density at radius 3 is 2.50 bits per heavy atom. The number of rotatable bonds is 5. The second-order valence-electron chi connectivity index (χ2n) is 5.24. The first-order chi connectivity index (χ1) is 10.5. The van der Waals surface area contributed by atoms with Gasteiger partial charge in [0, 0.05) is 0 Å². The van der Waals surface area contributed by atoms with Gasteiger partial charge >= 0.3 is 0 Å². The molecule has 22 heavy (non-hydrogen) atoms. The van der Waals surface area contributed by atoms with Crippen molar-refractivity contribution in [3.05, 3.63) is 63.7 Å². The van der Waals surface area contributed by atoms with Gasteiger partial charge in [0.1, 0.15) is 12.4 Å². The van der Waals surface area contributed by atoms with Crippen LogP contribution in [0.15, 0.2) is 36.4 Å². The molecule has 2 aromatic rings. The average Bonchev–Trinajstić information content (AvgIpc) is 2.50. The van der Waals surface area contributed by atoms with Crippen molar-refractivity contribution in [2.45, 2.75) is 20.8 Å². The first-order valence-corrected chi connectivity index (χ1v) is 7.61. The number of carbonyl (C=O) groups excluding carboxylic acids is 1. The van der Waals surface area contributed by atoms with E-state index in [1.165, 1.54) is 5.56 Å². The summed E-state index contributed by atoms with van der Waals surface area (Å²) in [5.41, 5.74) is 3.91. The predicted octanol–water partition coefficient (Wildman–Crippen LogP) is 4.07. The monoisotopic (exact) mass is 317 g/mol. The Kier molecular flexibility index (Phi) is 5.45. The first kappa shape index (κ1) is 16.4. The van der Waals surface area contributed by atoms with Gasteiger partial charge < -0.3 is 10.1 Å². The van der Waals surface area contributed by atoms with Crippen LogP contribution in [0.3, 0.4) is 0 Å². The minimum Gasteiger partial charge on any atom is -0.491 e. The summed E-state index contributed by atoms with van der Waals surface area (Å²) in [6.07, 6.45) is 0. The quantitative estimate of drug-likeness (QED) is 0.844. The molecule has 0 saturated carbocycles. The molecule has 0 heterocycles. The number of aryl methyl sites for hydroxylation is 2. The summed E-state index contributed by atoms with van der Waals surface area (Å²) in [4.78, 5) is 12.0. The molecule has 3 nitrogen and oxygen atoms in total. The molecule has 0 aliphatic rings. The number of amides is 1. The molecule has 0 aromatic heterocycles. The third-order valence-electron chi connectivity index (χ3n) is 3.63. The first-order valence-electron chi connectivity index (χ1n) is 7.23. The second kappa shape index (κ2) is 7.32. The van der Waals surface area contributed by atoms with E-state index in [9.17, 15) is 4.79 Å². The standard InChI is InChI=1S/C18H20ClNO2/c1-12-8-9-13(2)17(14(12)3)22-11-10-20-18(21)15-6-4-5-7-16(15)19/h4-9H,10-11H2,1-3H3,(H,20,21). The van der Waals surface area contributed by atoms with Gasteiger partial charge in [-0.2, -0.15) is 0 Å². The van der Waals surface area contributed by atoms with Gasteiger partial charge in [0.05, 0.1) is 17.1 Å². The molecule has 2 rings (SSSR count). The number of nitrogens with one attached hydrogen (secondary N) is 1. The summed E-state index contributed by atoms with van der Waals surface area (Å²) in [6.45, 7) is 6.96. The normalized spacial score (nSPS) is 10.4. The number of hydrogen-bond acceptors (Lipinski definition) is 2. The van der Waals surface area contributed by atoms with Crippen molar-refractivity contribution in [1.29, 1.82) is 0 Å². The Hall–Kier alpha value is -2.00. The average molecular weight is 318 g/mol. The maximum absolute atomic E-state index is 12.0. The fraction of sp³-hybridized carbons (Fsp3) is 0.278. The van der Waals surface area contributed by atoms with Gasteiger partial charge in [-0.1, -0.05) is 35.9 Å². The van der Waals surface area contributed by atoms with Crippen molar-refractivity contribution in [1.82, 2.24) is 5.32 Å². The molecule has 0 spiro atoms. The van der Waals surface area contributed by atoms with Gasteiger partial charge in [0.25, 0.3) is 5.91 Å². The smallest absolute Gasteiger partial charge is 0.252 e.